The van der Waals surface area contributed by atoms with Crippen LogP contribution in [0, 0.1) is 12.8 Å². The Bertz CT molecular complexity index is 715. The van der Waals surface area contributed by atoms with Crippen LogP contribution in [0.1, 0.15) is 12.1 Å². The maximum Gasteiger partial charge on any atom is 0.227 e. The lowest BCUT2D eigenvalue weighted by molar-refractivity contribution is -0.117. The number of aromatic amines is 1. The van der Waals surface area contributed by atoms with E-state index in [9.17, 15) is 4.79 Å². The number of carbonyl (C=O) groups is 1. The Labute approximate surface area is 115 Å². The Balaban J connectivity index is 1.87. The molecule has 0 radical (unpaired) electrons. The number of aromatic nitrogens is 2. The summed E-state index contributed by atoms with van der Waals surface area (Å²) >= 11 is 0. The molecule has 1 unspecified atom stereocenters. The van der Waals surface area contributed by atoms with E-state index in [4.69, 9.17) is 5.53 Å². The lowest BCUT2D eigenvalue weighted by Crippen LogP contribution is -2.24. The number of hydrogen-bond donors (Lipinski definition) is 1. The number of rotatable bonds is 3. The fourth-order valence-electron chi connectivity index (χ4n) is 2.61. The Morgan fingerprint density at radius 2 is 2.45 bits per heavy atom. The Morgan fingerprint density at radius 1 is 1.60 bits per heavy atom. The molecular formula is C13H14N6O. The van der Waals surface area contributed by atoms with E-state index in [1.807, 2.05) is 25.1 Å². The van der Waals surface area contributed by atoms with Crippen LogP contribution in [0.5, 0.6) is 0 Å². The van der Waals surface area contributed by atoms with Crippen molar-refractivity contribution in [3.05, 3.63) is 34.3 Å². The van der Waals surface area contributed by atoms with Crippen LogP contribution in [0.2, 0.25) is 0 Å². The molecule has 2 aromatic rings. The largest absolute Gasteiger partial charge is 0.312 e. The molecular weight excluding hydrogens is 256 g/mol. The molecule has 1 aromatic carbocycles. The molecule has 7 heteroatoms. The maximum absolute atomic E-state index is 12.1. The molecule has 1 aliphatic rings. The van der Waals surface area contributed by atoms with Crippen molar-refractivity contribution in [3.63, 3.8) is 0 Å². The lowest BCUT2D eigenvalue weighted by Gasteiger charge is -2.16. The van der Waals surface area contributed by atoms with Gasteiger partial charge in [-0.3, -0.25) is 9.89 Å². The molecule has 0 saturated carbocycles. The fraction of sp³-hybridized carbons (Fsp3) is 0.385. The van der Waals surface area contributed by atoms with Crippen molar-refractivity contribution in [2.45, 2.75) is 13.3 Å². The van der Waals surface area contributed by atoms with Gasteiger partial charge in [0, 0.05) is 41.2 Å². The normalized spacial score (nSPS) is 18.6. The third kappa shape index (κ3) is 2.08. The quantitative estimate of drug-likeness (QED) is 0.526. The summed E-state index contributed by atoms with van der Waals surface area (Å²) in [5, 5.41) is 11.8. The molecule has 20 heavy (non-hydrogen) atoms. The number of anilines is 1. The van der Waals surface area contributed by atoms with Crippen LogP contribution in [0.25, 0.3) is 21.3 Å². The van der Waals surface area contributed by atoms with Crippen molar-refractivity contribution in [1.29, 1.82) is 0 Å². The van der Waals surface area contributed by atoms with Crippen molar-refractivity contribution in [3.8, 4) is 0 Å². The summed E-state index contributed by atoms with van der Waals surface area (Å²) in [7, 11) is 0. The molecule has 0 bridgehead atoms. The van der Waals surface area contributed by atoms with Crippen LogP contribution in [0.4, 0.5) is 5.69 Å². The van der Waals surface area contributed by atoms with E-state index in [0.717, 1.165) is 22.3 Å². The van der Waals surface area contributed by atoms with Crippen molar-refractivity contribution in [2.75, 3.05) is 18.0 Å². The van der Waals surface area contributed by atoms with Gasteiger partial charge in [0.2, 0.25) is 5.91 Å². The van der Waals surface area contributed by atoms with Gasteiger partial charge in [-0.25, -0.2) is 0 Å². The van der Waals surface area contributed by atoms with Crippen molar-refractivity contribution in [2.24, 2.45) is 11.0 Å². The molecule has 1 N–H and O–H groups in total. The topological polar surface area (TPSA) is 97.8 Å². The predicted molar refractivity (Wildman–Crippen MR) is 75.3 cm³/mol. The molecule has 2 heterocycles. The first-order chi connectivity index (χ1) is 9.69. The lowest BCUT2D eigenvalue weighted by atomic mass is 10.1. The van der Waals surface area contributed by atoms with Gasteiger partial charge in [0.1, 0.15) is 0 Å². The fourth-order valence-corrected chi connectivity index (χ4v) is 2.61. The number of azide groups is 1. The van der Waals surface area contributed by atoms with Crippen LogP contribution < -0.4 is 4.90 Å². The van der Waals surface area contributed by atoms with Crippen LogP contribution in [-0.4, -0.2) is 29.2 Å². The SMILES string of the molecule is Cc1[nH]nc2cc(N3CC(CN=[N+]=[N-])CC3=O)ccc12. The van der Waals surface area contributed by atoms with Gasteiger partial charge < -0.3 is 4.90 Å². The standard InChI is InChI=1S/C13H14N6O/c1-8-11-3-2-10(5-12(11)17-16-8)19-7-9(4-13(19)20)6-15-18-14/h2-3,5,9H,4,6-7H2,1H3,(H,16,17). The average molecular weight is 270 g/mol. The van der Waals surface area contributed by atoms with E-state index in [2.05, 4.69) is 20.2 Å². The molecule has 0 aliphatic carbocycles. The first kappa shape index (κ1) is 12.5. The molecule has 7 nitrogen and oxygen atoms in total. The van der Waals surface area contributed by atoms with E-state index in [0.29, 0.717) is 19.5 Å². The molecule has 1 amide bonds. The van der Waals surface area contributed by atoms with E-state index in [1.165, 1.54) is 0 Å². The summed E-state index contributed by atoms with van der Waals surface area (Å²) in [5.41, 5.74) is 11.1. The highest BCUT2D eigenvalue weighted by atomic mass is 16.2. The molecule has 1 atom stereocenters. The van der Waals surface area contributed by atoms with Gasteiger partial charge in [0.15, 0.2) is 0 Å². The van der Waals surface area contributed by atoms with Gasteiger partial charge in [0.25, 0.3) is 0 Å². The van der Waals surface area contributed by atoms with Gasteiger partial charge in [-0.1, -0.05) is 5.11 Å². The van der Waals surface area contributed by atoms with E-state index >= 15 is 0 Å². The van der Waals surface area contributed by atoms with E-state index in [-0.39, 0.29) is 11.8 Å². The zero-order chi connectivity index (χ0) is 14.1. The number of fused-ring (bicyclic) bond motifs is 1. The van der Waals surface area contributed by atoms with Gasteiger partial charge in [-0.15, -0.1) is 0 Å². The number of nitrogens with one attached hydrogen (secondary N) is 1. The molecule has 1 aromatic heterocycles. The smallest absolute Gasteiger partial charge is 0.227 e. The highest BCUT2D eigenvalue weighted by molar-refractivity contribution is 5.98. The molecule has 1 saturated heterocycles. The Hall–Kier alpha value is -2.53. The van der Waals surface area contributed by atoms with E-state index in [1.54, 1.807) is 4.90 Å². The molecule has 0 spiro atoms. The van der Waals surface area contributed by atoms with Crippen LogP contribution >= 0.6 is 0 Å². The zero-order valence-electron chi connectivity index (χ0n) is 11.1. The minimum absolute atomic E-state index is 0.0646. The van der Waals surface area contributed by atoms with Crippen molar-refractivity contribution in [1.82, 2.24) is 10.2 Å². The second kappa shape index (κ2) is 4.86. The summed E-state index contributed by atoms with van der Waals surface area (Å²) in [6.45, 7) is 2.92. The summed E-state index contributed by atoms with van der Waals surface area (Å²) in [6, 6.07) is 5.81. The third-order valence-corrected chi connectivity index (χ3v) is 3.65. The van der Waals surface area contributed by atoms with Crippen molar-refractivity contribution < 1.29 is 4.79 Å². The monoisotopic (exact) mass is 270 g/mol. The zero-order valence-corrected chi connectivity index (χ0v) is 11.1. The number of carbonyl (C=O) groups excluding carboxylic acids is 1. The number of aryl methyl sites for hydroxylation is 1. The highest BCUT2D eigenvalue weighted by Crippen LogP contribution is 2.28. The van der Waals surface area contributed by atoms with Gasteiger partial charge in [0.05, 0.1) is 5.52 Å². The van der Waals surface area contributed by atoms with Crippen LogP contribution in [0.15, 0.2) is 23.3 Å². The Morgan fingerprint density at radius 3 is 3.25 bits per heavy atom. The summed E-state index contributed by atoms with van der Waals surface area (Å²) in [6.07, 6.45) is 0.427. The summed E-state index contributed by atoms with van der Waals surface area (Å²) in [4.78, 5) is 16.5. The van der Waals surface area contributed by atoms with E-state index < -0.39 is 0 Å². The Kier molecular flexibility index (Phi) is 3.04. The van der Waals surface area contributed by atoms with Gasteiger partial charge >= 0.3 is 0 Å². The molecule has 1 aliphatic heterocycles. The highest BCUT2D eigenvalue weighted by Gasteiger charge is 2.30. The first-order valence-electron chi connectivity index (χ1n) is 6.45. The number of nitrogens with zero attached hydrogens (tertiary/aromatic N) is 5. The number of hydrogen-bond acceptors (Lipinski definition) is 3. The number of amides is 1. The van der Waals surface area contributed by atoms with Gasteiger partial charge in [-0.05, 0) is 36.6 Å². The first-order valence-corrected chi connectivity index (χ1v) is 6.45. The predicted octanol–water partition coefficient (Wildman–Crippen LogP) is 2.53. The van der Waals surface area contributed by atoms with Gasteiger partial charge in [-0.2, -0.15) is 5.10 Å². The summed E-state index contributed by atoms with van der Waals surface area (Å²) < 4.78 is 0. The molecule has 3 rings (SSSR count). The number of H-pyrrole nitrogens is 1. The molecule has 1 fully saturated rings. The van der Waals surface area contributed by atoms with Crippen LogP contribution in [-0.2, 0) is 4.79 Å². The average Bonchev–Trinajstić information content (AvgIpc) is 3.00. The third-order valence-electron chi connectivity index (χ3n) is 3.65. The second-order valence-electron chi connectivity index (χ2n) is 5.04. The van der Waals surface area contributed by atoms with Crippen LogP contribution in [0.3, 0.4) is 0 Å². The second-order valence-corrected chi connectivity index (χ2v) is 5.04. The minimum Gasteiger partial charge on any atom is -0.312 e. The minimum atomic E-state index is 0.0646. The number of benzene rings is 1. The summed E-state index contributed by atoms with van der Waals surface area (Å²) in [5.74, 6) is 0.157. The maximum atomic E-state index is 12.1. The molecule has 102 valence electrons. The van der Waals surface area contributed by atoms with Crippen molar-refractivity contribution >= 4 is 22.5 Å².